The average molecular weight is 233 g/mol. The first-order chi connectivity index (χ1) is 6.12. The molecule has 0 aromatic rings. The Bertz CT molecular complexity index is 203. The van der Waals surface area contributed by atoms with Crippen LogP contribution in [0.4, 0.5) is 0 Å². The summed E-state index contributed by atoms with van der Waals surface area (Å²) in [6.45, 7) is 4.05. The number of hydrogen-bond donors (Lipinski definition) is 0. The number of rotatable bonds is 8. The number of hydrogen-bond acceptors (Lipinski definition) is 4. The van der Waals surface area contributed by atoms with Crippen LogP contribution in [0.25, 0.3) is 0 Å². The molecule has 14 heavy (non-hydrogen) atoms. The van der Waals surface area contributed by atoms with Crippen LogP contribution >= 0.6 is 0 Å². The van der Waals surface area contributed by atoms with E-state index in [0.29, 0.717) is 0 Å². The minimum Gasteiger partial charge on any atom is -0.248 e. The zero-order valence-electron chi connectivity index (χ0n) is 9.28. The molecule has 0 rings (SSSR count). The summed E-state index contributed by atoms with van der Waals surface area (Å²) in [6, 6.07) is 0. The standard InChI is InChI=1S/C8H18O4S.Na/c1-3-5-6-7-8-12-13(9,10)11-4-2;/h3-8H2,1-2H3;. The van der Waals surface area contributed by atoms with Crippen molar-refractivity contribution in [1.29, 1.82) is 0 Å². The van der Waals surface area contributed by atoms with Crippen LogP contribution in [0.5, 0.6) is 0 Å². The van der Waals surface area contributed by atoms with Gasteiger partial charge in [0.25, 0.3) is 0 Å². The molecule has 0 spiro atoms. The summed E-state index contributed by atoms with van der Waals surface area (Å²) in [4.78, 5) is 0. The zero-order valence-corrected chi connectivity index (χ0v) is 12.1. The Morgan fingerprint density at radius 2 is 1.64 bits per heavy atom. The summed E-state index contributed by atoms with van der Waals surface area (Å²) >= 11 is 0. The molecule has 0 fully saturated rings. The molecule has 0 N–H and O–H groups in total. The van der Waals surface area contributed by atoms with E-state index in [1.807, 2.05) is 0 Å². The second kappa shape index (κ2) is 10.4. The normalized spacial score (nSPS) is 11.0. The minimum atomic E-state index is -3.72. The van der Waals surface area contributed by atoms with E-state index in [1.54, 1.807) is 6.92 Å². The Labute approximate surface area is 109 Å². The fourth-order valence-electron chi connectivity index (χ4n) is 0.868. The summed E-state index contributed by atoms with van der Waals surface area (Å²) in [6.07, 6.45) is 3.99. The summed E-state index contributed by atoms with van der Waals surface area (Å²) in [5.41, 5.74) is 0. The SMILES string of the molecule is CCCCCCOS(=O)(=O)OCC.[Na]. The maximum atomic E-state index is 10.8. The largest absolute Gasteiger partial charge is 0.399 e. The molecular formula is C8H18NaO4S. The maximum Gasteiger partial charge on any atom is 0.399 e. The van der Waals surface area contributed by atoms with Crippen molar-refractivity contribution < 1.29 is 16.8 Å². The second-order valence-corrected chi connectivity index (χ2v) is 3.99. The smallest absolute Gasteiger partial charge is 0.248 e. The molecule has 0 bridgehead atoms. The van der Waals surface area contributed by atoms with E-state index in [2.05, 4.69) is 15.3 Å². The van der Waals surface area contributed by atoms with Crippen molar-refractivity contribution >= 4 is 40.0 Å². The van der Waals surface area contributed by atoms with E-state index in [9.17, 15) is 8.42 Å². The quantitative estimate of drug-likeness (QED) is 0.471. The molecule has 0 amide bonds. The van der Waals surface area contributed by atoms with Crippen LogP contribution in [0.15, 0.2) is 0 Å². The molecule has 1 radical (unpaired) electrons. The first-order valence-electron chi connectivity index (χ1n) is 4.66. The van der Waals surface area contributed by atoms with Crippen LogP contribution in [-0.2, 0) is 18.8 Å². The van der Waals surface area contributed by atoms with Crippen molar-refractivity contribution in [3.63, 3.8) is 0 Å². The van der Waals surface area contributed by atoms with Crippen molar-refractivity contribution in [2.75, 3.05) is 13.2 Å². The maximum absolute atomic E-state index is 10.8. The van der Waals surface area contributed by atoms with E-state index >= 15 is 0 Å². The monoisotopic (exact) mass is 233 g/mol. The van der Waals surface area contributed by atoms with Crippen molar-refractivity contribution in [2.45, 2.75) is 39.5 Å². The van der Waals surface area contributed by atoms with Gasteiger partial charge in [0.05, 0.1) is 13.2 Å². The molecule has 0 aromatic heterocycles. The Morgan fingerprint density at radius 3 is 2.14 bits per heavy atom. The fourth-order valence-corrected chi connectivity index (χ4v) is 1.55. The molecule has 4 nitrogen and oxygen atoms in total. The van der Waals surface area contributed by atoms with Gasteiger partial charge in [0.1, 0.15) is 0 Å². The third kappa shape index (κ3) is 10.9. The molecule has 81 valence electrons. The molecule has 0 atom stereocenters. The first-order valence-corrected chi connectivity index (χ1v) is 5.99. The van der Waals surface area contributed by atoms with Crippen molar-refractivity contribution in [1.82, 2.24) is 0 Å². The van der Waals surface area contributed by atoms with E-state index in [0.717, 1.165) is 25.7 Å². The van der Waals surface area contributed by atoms with E-state index in [4.69, 9.17) is 0 Å². The van der Waals surface area contributed by atoms with Crippen molar-refractivity contribution in [3.05, 3.63) is 0 Å². The topological polar surface area (TPSA) is 52.6 Å². The molecule has 0 heterocycles. The van der Waals surface area contributed by atoms with Gasteiger partial charge in [0.2, 0.25) is 0 Å². The van der Waals surface area contributed by atoms with Gasteiger partial charge in [-0.3, -0.25) is 0 Å². The minimum absolute atomic E-state index is 0. The fraction of sp³-hybridized carbons (Fsp3) is 1.00. The van der Waals surface area contributed by atoms with Crippen LogP contribution in [-0.4, -0.2) is 51.2 Å². The third-order valence-electron chi connectivity index (χ3n) is 1.49. The van der Waals surface area contributed by atoms with Gasteiger partial charge in [-0.15, -0.1) is 0 Å². The van der Waals surface area contributed by atoms with Crippen LogP contribution in [0.1, 0.15) is 39.5 Å². The molecular weight excluding hydrogens is 215 g/mol. The molecule has 0 aliphatic heterocycles. The summed E-state index contributed by atoms with van der Waals surface area (Å²) in [5.74, 6) is 0. The van der Waals surface area contributed by atoms with Crippen LogP contribution in [0.2, 0.25) is 0 Å². The third-order valence-corrected chi connectivity index (χ3v) is 2.47. The van der Waals surface area contributed by atoms with Crippen molar-refractivity contribution in [3.8, 4) is 0 Å². The Kier molecular flexibility index (Phi) is 12.8. The molecule has 0 aromatic carbocycles. The number of unbranched alkanes of at least 4 members (excludes halogenated alkanes) is 3. The molecule has 0 unspecified atom stereocenters. The summed E-state index contributed by atoms with van der Waals surface area (Å²) < 4.78 is 30.6. The van der Waals surface area contributed by atoms with Gasteiger partial charge in [-0.05, 0) is 13.3 Å². The predicted octanol–water partition coefficient (Wildman–Crippen LogP) is 1.48. The zero-order chi connectivity index (χ0) is 10.2. The van der Waals surface area contributed by atoms with Gasteiger partial charge in [-0.2, -0.15) is 8.42 Å². The first kappa shape index (κ1) is 17.3. The van der Waals surface area contributed by atoms with Gasteiger partial charge in [0, 0.05) is 29.6 Å². The van der Waals surface area contributed by atoms with Gasteiger partial charge in [0.15, 0.2) is 0 Å². The molecule has 0 saturated carbocycles. The van der Waals surface area contributed by atoms with E-state index < -0.39 is 10.4 Å². The van der Waals surface area contributed by atoms with Crippen molar-refractivity contribution in [2.24, 2.45) is 0 Å². The average Bonchev–Trinajstić information content (AvgIpc) is 2.04. The molecule has 0 aliphatic carbocycles. The summed E-state index contributed by atoms with van der Waals surface area (Å²) in [7, 11) is -3.72. The molecule has 0 saturated heterocycles. The summed E-state index contributed by atoms with van der Waals surface area (Å²) in [5, 5.41) is 0. The van der Waals surface area contributed by atoms with Gasteiger partial charge in [-0.25, -0.2) is 8.37 Å². The molecule has 0 aliphatic rings. The Morgan fingerprint density at radius 1 is 1.00 bits per heavy atom. The van der Waals surface area contributed by atoms with Gasteiger partial charge in [-0.1, -0.05) is 26.2 Å². The van der Waals surface area contributed by atoms with Crippen LogP contribution in [0.3, 0.4) is 0 Å². The predicted molar refractivity (Wildman–Crippen MR) is 56.4 cm³/mol. The molecule has 6 heteroatoms. The van der Waals surface area contributed by atoms with Gasteiger partial charge < -0.3 is 0 Å². The van der Waals surface area contributed by atoms with Gasteiger partial charge >= 0.3 is 10.4 Å². The Hall–Kier alpha value is 0.870. The van der Waals surface area contributed by atoms with Crippen LogP contribution < -0.4 is 0 Å². The Balaban J connectivity index is 0. The van der Waals surface area contributed by atoms with Crippen LogP contribution in [0, 0.1) is 0 Å². The second-order valence-electron chi connectivity index (χ2n) is 2.70. The van der Waals surface area contributed by atoms with E-state index in [-0.39, 0.29) is 42.8 Å². The van der Waals surface area contributed by atoms with E-state index in [1.165, 1.54) is 0 Å².